The Labute approximate surface area is 176 Å². The first-order chi connectivity index (χ1) is 13.6. The minimum absolute atomic E-state index is 0.392. The van der Waals surface area contributed by atoms with E-state index in [-0.39, 0.29) is 0 Å². The van der Waals surface area contributed by atoms with Gasteiger partial charge in [-0.15, -0.1) is 22.0 Å². The number of rotatable bonds is 8. The van der Waals surface area contributed by atoms with Crippen LogP contribution in [0.1, 0.15) is 16.2 Å². The van der Waals surface area contributed by atoms with Crippen LogP contribution in [0, 0.1) is 0 Å². The molecule has 0 aliphatic carbocycles. The maximum Gasteiger partial charge on any atom is 0.337 e. The predicted molar refractivity (Wildman–Crippen MR) is 109 cm³/mol. The molecule has 2 aromatic carbocycles. The largest absolute Gasteiger partial charge is 0.491 e. The zero-order chi connectivity index (χ0) is 19.9. The van der Waals surface area contributed by atoms with Crippen molar-refractivity contribution in [3.63, 3.8) is 0 Å². The average molecular weight is 439 g/mol. The number of ether oxygens (including phenoxy) is 2. The Bertz CT molecular complexity index is 947. The molecule has 3 rings (SSSR count). The van der Waals surface area contributed by atoms with Gasteiger partial charge in [-0.25, -0.2) is 4.79 Å². The number of halogens is 2. The van der Waals surface area contributed by atoms with Crippen LogP contribution in [0.4, 0.5) is 0 Å². The molecular weight excluding hydrogens is 423 g/mol. The van der Waals surface area contributed by atoms with Crippen molar-refractivity contribution in [2.75, 3.05) is 19.5 Å². The lowest BCUT2D eigenvalue weighted by atomic mass is 10.1. The second-order valence-electron chi connectivity index (χ2n) is 5.55. The summed E-state index contributed by atoms with van der Waals surface area (Å²) in [6.45, 7) is 0.488. The van der Waals surface area contributed by atoms with Gasteiger partial charge in [0, 0.05) is 16.3 Å². The summed E-state index contributed by atoms with van der Waals surface area (Å²) in [6.07, 6.45) is 0. The first-order valence-electron chi connectivity index (χ1n) is 8.23. The highest BCUT2D eigenvalue weighted by atomic mass is 35.5. The highest BCUT2D eigenvalue weighted by molar-refractivity contribution is 7.98. The van der Waals surface area contributed by atoms with E-state index in [9.17, 15) is 4.79 Å². The molecule has 0 atom stereocenters. The summed E-state index contributed by atoms with van der Waals surface area (Å²) in [5, 5.41) is 9.13. The predicted octanol–water partition coefficient (Wildman–Crippen LogP) is 5.14. The van der Waals surface area contributed by atoms with Crippen LogP contribution in [-0.4, -0.2) is 35.6 Å². The number of carbonyl (C=O) groups excluding carboxylic acids is 1. The maximum atomic E-state index is 11.5. The Morgan fingerprint density at radius 2 is 1.93 bits per heavy atom. The Morgan fingerprint density at radius 3 is 2.64 bits per heavy atom. The first kappa shape index (κ1) is 20.5. The number of aromatic nitrogens is 2. The van der Waals surface area contributed by atoms with Crippen molar-refractivity contribution in [2.45, 2.75) is 5.75 Å². The summed E-state index contributed by atoms with van der Waals surface area (Å²) in [6, 6.07) is 11.9. The number of esters is 1. The summed E-state index contributed by atoms with van der Waals surface area (Å²) in [5.74, 6) is 2.41. The van der Waals surface area contributed by atoms with Crippen LogP contribution in [0.5, 0.6) is 5.75 Å². The van der Waals surface area contributed by atoms with E-state index in [1.807, 2.05) is 0 Å². The van der Waals surface area contributed by atoms with E-state index in [4.69, 9.17) is 32.4 Å². The molecule has 0 saturated carbocycles. The number of carbonyl (C=O) groups is 1. The second kappa shape index (κ2) is 9.82. The molecule has 0 spiro atoms. The van der Waals surface area contributed by atoms with Gasteiger partial charge < -0.3 is 13.9 Å². The van der Waals surface area contributed by atoms with Gasteiger partial charge in [0.05, 0.1) is 30.1 Å². The van der Waals surface area contributed by atoms with Crippen molar-refractivity contribution in [1.29, 1.82) is 0 Å². The minimum atomic E-state index is -0.392. The van der Waals surface area contributed by atoms with Crippen molar-refractivity contribution < 1.29 is 18.7 Å². The lowest BCUT2D eigenvalue weighted by Gasteiger charge is -2.07. The maximum absolute atomic E-state index is 11.5. The molecule has 9 heteroatoms. The summed E-state index contributed by atoms with van der Waals surface area (Å²) in [7, 11) is 1.34. The van der Waals surface area contributed by atoms with Gasteiger partial charge in [0.1, 0.15) is 5.75 Å². The van der Waals surface area contributed by atoms with Crippen LogP contribution in [0.2, 0.25) is 10.0 Å². The number of hydrogen-bond donors (Lipinski definition) is 0. The fraction of sp³-hybridized carbons (Fsp3) is 0.211. The smallest absolute Gasteiger partial charge is 0.337 e. The molecule has 0 fully saturated rings. The van der Waals surface area contributed by atoms with Gasteiger partial charge in [-0.1, -0.05) is 23.2 Å². The van der Waals surface area contributed by atoms with Gasteiger partial charge in [0.15, 0.2) is 0 Å². The van der Waals surface area contributed by atoms with Gasteiger partial charge in [-0.3, -0.25) is 0 Å². The number of benzene rings is 2. The quantitative estimate of drug-likeness (QED) is 0.355. The fourth-order valence-electron chi connectivity index (χ4n) is 2.26. The zero-order valence-electron chi connectivity index (χ0n) is 14.9. The normalized spacial score (nSPS) is 10.7. The summed E-state index contributed by atoms with van der Waals surface area (Å²) >= 11 is 13.5. The topological polar surface area (TPSA) is 74.5 Å². The lowest BCUT2D eigenvalue weighted by molar-refractivity contribution is 0.0600. The highest BCUT2D eigenvalue weighted by Gasteiger charge is 2.11. The number of nitrogens with zero attached hydrogens (tertiary/aromatic N) is 2. The van der Waals surface area contributed by atoms with Crippen LogP contribution in [0.25, 0.3) is 11.5 Å². The Hall–Kier alpha value is -2.22. The van der Waals surface area contributed by atoms with Gasteiger partial charge in [-0.2, -0.15) is 0 Å². The van der Waals surface area contributed by atoms with Crippen LogP contribution in [0.15, 0.2) is 46.9 Å². The third kappa shape index (κ3) is 5.41. The van der Waals surface area contributed by atoms with Crippen molar-refractivity contribution in [2.24, 2.45) is 0 Å². The second-order valence-corrected chi connectivity index (χ2v) is 7.49. The molecule has 1 heterocycles. The van der Waals surface area contributed by atoms with Crippen molar-refractivity contribution in [3.05, 3.63) is 64.0 Å². The first-order valence-corrected chi connectivity index (χ1v) is 10.1. The third-order valence-corrected chi connectivity index (χ3v) is 5.06. The summed E-state index contributed by atoms with van der Waals surface area (Å²) in [4.78, 5) is 11.5. The Morgan fingerprint density at radius 1 is 1.14 bits per heavy atom. The number of hydrogen-bond acceptors (Lipinski definition) is 7. The third-order valence-electron chi connectivity index (χ3n) is 3.62. The SMILES string of the molecule is COC(=O)c1ccc(-c2nnc(CSCCOc3ccc(Cl)cc3Cl)o2)cc1. The van der Waals surface area contributed by atoms with E-state index in [0.29, 0.717) is 45.5 Å². The van der Waals surface area contributed by atoms with E-state index < -0.39 is 5.97 Å². The van der Waals surface area contributed by atoms with Crippen molar-refractivity contribution >= 4 is 40.9 Å². The molecular formula is C19H16Cl2N2O4S. The molecule has 0 aliphatic heterocycles. The molecule has 3 aromatic rings. The molecule has 0 bridgehead atoms. The molecule has 1 aromatic heterocycles. The fourth-order valence-corrected chi connectivity index (χ4v) is 3.36. The van der Waals surface area contributed by atoms with Gasteiger partial charge >= 0.3 is 5.97 Å². The van der Waals surface area contributed by atoms with E-state index in [1.165, 1.54) is 7.11 Å². The van der Waals surface area contributed by atoms with Gasteiger partial charge in [0.2, 0.25) is 11.8 Å². The molecule has 0 aliphatic rings. The molecule has 0 amide bonds. The Kier molecular flexibility index (Phi) is 7.19. The van der Waals surface area contributed by atoms with Crippen molar-refractivity contribution in [1.82, 2.24) is 10.2 Å². The number of methoxy groups -OCH3 is 1. The lowest BCUT2D eigenvalue weighted by Crippen LogP contribution is -2.01. The number of thioether (sulfide) groups is 1. The summed E-state index contributed by atoms with van der Waals surface area (Å²) < 4.78 is 16.0. The van der Waals surface area contributed by atoms with E-state index in [1.54, 1.807) is 54.2 Å². The molecule has 146 valence electrons. The monoisotopic (exact) mass is 438 g/mol. The van der Waals surface area contributed by atoms with Crippen molar-refractivity contribution in [3.8, 4) is 17.2 Å². The molecule has 6 nitrogen and oxygen atoms in total. The van der Waals surface area contributed by atoms with Gasteiger partial charge in [0.25, 0.3) is 0 Å². The molecule has 28 heavy (non-hydrogen) atoms. The zero-order valence-corrected chi connectivity index (χ0v) is 17.2. The van der Waals surface area contributed by atoms with Crippen LogP contribution < -0.4 is 4.74 Å². The molecule has 0 radical (unpaired) electrons. The minimum Gasteiger partial charge on any atom is -0.491 e. The van der Waals surface area contributed by atoms with E-state index in [0.717, 1.165) is 11.3 Å². The van der Waals surface area contributed by atoms with Crippen LogP contribution >= 0.6 is 35.0 Å². The van der Waals surface area contributed by atoms with E-state index >= 15 is 0 Å². The standard InChI is InChI=1S/C19H16Cl2N2O4S/c1-25-19(24)13-4-2-12(3-5-13)18-23-22-17(27-18)11-28-9-8-26-16-7-6-14(20)10-15(16)21/h2-7,10H,8-9,11H2,1H3. The van der Waals surface area contributed by atoms with Crippen LogP contribution in [0.3, 0.4) is 0 Å². The van der Waals surface area contributed by atoms with Crippen LogP contribution in [-0.2, 0) is 10.5 Å². The average Bonchev–Trinajstić information content (AvgIpc) is 3.17. The van der Waals surface area contributed by atoms with E-state index in [2.05, 4.69) is 14.9 Å². The molecule has 0 unspecified atom stereocenters. The highest BCUT2D eigenvalue weighted by Crippen LogP contribution is 2.27. The van der Waals surface area contributed by atoms with Gasteiger partial charge in [-0.05, 0) is 42.5 Å². The molecule has 0 saturated heterocycles. The Balaban J connectivity index is 1.46. The molecule has 0 N–H and O–H groups in total. The summed E-state index contributed by atoms with van der Waals surface area (Å²) in [5.41, 5.74) is 1.19.